The third-order valence-corrected chi connectivity index (χ3v) is 2.74. The highest BCUT2D eigenvalue weighted by atomic mass is 32.2. The maximum Gasteiger partial charge on any atom is 0.214 e. The topological polar surface area (TPSA) is 69.6 Å². The quantitative estimate of drug-likeness (QED) is 0.770. The minimum atomic E-state index is 0.617. The molecule has 1 aromatic heterocycles. The second-order valence-electron chi connectivity index (χ2n) is 2.85. The van der Waals surface area contributed by atoms with Gasteiger partial charge in [0.1, 0.15) is 0 Å². The van der Waals surface area contributed by atoms with Crippen LogP contribution >= 0.6 is 11.8 Å². The van der Waals surface area contributed by atoms with Gasteiger partial charge in [-0.25, -0.2) is 0 Å². The van der Waals surface area contributed by atoms with Crippen molar-refractivity contribution in [3.8, 4) is 5.69 Å². The highest BCUT2D eigenvalue weighted by Crippen LogP contribution is 2.16. The van der Waals surface area contributed by atoms with Gasteiger partial charge in [-0.1, -0.05) is 30.0 Å². The number of nitrogens with two attached hydrogens (primary N) is 1. The van der Waals surface area contributed by atoms with E-state index in [-0.39, 0.29) is 0 Å². The van der Waals surface area contributed by atoms with Crippen LogP contribution in [0.3, 0.4) is 0 Å². The molecule has 15 heavy (non-hydrogen) atoms. The van der Waals surface area contributed by atoms with Crippen LogP contribution in [0.2, 0.25) is 0 Å². The van der Waals surface area contributed by atoms with Crippen LogP contribution in [-0.2, 0) is 0 Å². The van der Waals surface area contributed by atoms with Gasteiger partial charge in [0.05, 0.1) is 5.69 Å². The van der Waals surface area contributed by atoms with E-state index in [1.807, 2.05) is 30.3 Å². The van der Waals surface area contributed by atoms with Crippen molar-refractivity contribution in [1.82, 2.24) is 20.2 Å². The standard InChI is InChI=1S/C9H11N5S/c10-6-7-15-9-11-12-13-14(9)8-4-2-1-3-5-8/h1-5H,6-7,10H2. The smallest absolute Gasteiger partial charge is 0.214 e. The molecule has 0 radical (unpaired) electrons. The lowest BCUT2D eigenvalue weighted by Crippen LogP contribution is -2.04. The Hall–Kier alpha value is -1.40. The number of aromatic nitrogens is 4. The summed E-state index contributed by atoms with van der Waals surface area (Å²) in [6.07, 6.45) is 0. The Morgan fingerprint density at radius 2 is 2.07 bits per heavy atom. The lowest BCUT2D eigenvalue weighted by molar-refractivity contribution is 0.756. The van der Waals surface area contributed by atoms with Gasteiger partial charge < -0.3 is 5.73 Å². The summed E-state index contributed by atoms with van der Waals surface area (Å²) in [5.74, 6) is 0.813. The Bertz CT molecular complexity index is 413. The summed E-state index contributed by atoms with van der Waals surface area (Å²) in [7, 11) is 0. The van der Waals surface area contributed by atoms with Crippen LogP contribution in [0, 0.1) is 0 Å². The number of tetrazole rings is 1. The van der Waals surface area contributed by atoms with E-state index in [0.29, 0.717) is 6.54 Å². The third kappa shape index (κ3) is 2.34. The Morgan fingerprint density at radius 1 is 1.27 bits per heavy atom. The molecule has 0 aliphatic rings. The number of hydrogen-bond acceptors (Lipinski definition) is 5. The largest absolute Gasteiger partial charge is 0.330 e. The van der Waals surface area contributed by atoms with Crippen LogP contribution in [0.25, 0.3) is 5.69 Å². The lowest BCUT2D eigenvalue weighted by atomic mass is 10.3. The van der Waals surface area contributed by atoms with Crippen molar-refractivity contribution in [3.05, 3.63) is 30.3 Å². The molecule has 0 saturated carbocycles. The lowest BCUT2D eigenvalue weighted by Gasteiger charge is -2.02. The van der Waals surface area contributed by atoms with Crippen LogP contribution < -0.4 is 5.73 Å². The predicted molar refractivity (Wildman–Crippen MR) is 58.9 cm³/mol. The molecule has 1 heterocycles. The molecular weight excluding hydrogens is 210 g/mol. The summed E-state index contributed by atoms with van der Waals surface area (Å²) in [5, 5.41) is 12.3. The van der Waals surface area contributed by atoms with Crippen LogP contribution in [0.15, 0.2) is 35.5 Å². The Labute approximate surface area is 91.7 Å². The van der Waals surface area contributed by atoms with Crippen molar-refractivity contribution in [2.24, 2.45) is 5.73 Å². The molecule has 0 fully saturated rings. The summed E-state index contributed by atoms with van der Waals surface area (Å²) in [5.41, 5.74) is 6.40. The van der Waals surface area contributed by atoms with Gasteiger partial charge in [-0.05, 0) is 22.6 Å². The fourth-order valence-electron chi connectivity index (χ4n) is 1.15. The first-order valence-electron chi connectivity index (χ1n) is 4.58. The molecule has 0 spiro atoms. The summed E-state index contributed by atoms with van der Waals surface area (Å²) in [6, 6.07) is 9.79. The number of rotatable bonds is 4. The summed E-state index contributed by atoms with van der Waals surface area (Å²) < 4.78 is 1.71. The van der Waals surface area contributed by atoms with Crippen LogP contribution in [0.4, 0.5) is 0 Å². The maximum absolute atomic E-state index is 5.44. The summed E-state index contributed by atoms with van der Waals surface area (Å²) in [6.45, 7) is 0.617. The Balaban J connectivity index is 2.25. The minimum absolute atomic E-state index is 0.617. The maximum atomic E-state index is 5.44. The van der Waals surface area contributed by atoms with Gasteiger partial charge in [0.2, 0.25) is 5.16 Å². The van der Waals surface area contributed by atoms with Crippen LogP contribution in [0.5, 0.6) is 0 Å². The van der Waals surface area contributed by atoms with Gasteiger partial charge in [0.15, 0.2) is 0 Å². The first kappa shape index (κ1) is 10.1. The molecule has 0 aliphatic heterocycles. The summed E-state index contributed by atoms with van der Waals surface area (Å²) >= 11 is 1.55. The van der Waals surface area contributed by atoms with E-state index >= 15 is 0 Å². The van der Waals surface area contributed by atoms with Gasteiger partial charge in [-0.2, -0.15) is 4.68 Å². The van der Waals surface area contributed by atoms with Crippen molar-refractivity contribution in [3.63, 3.8) is 0 Å². The highest BCUT2D eigenvalue weighted by Gasteiger charge is 2.07. The molecule has 0 amide bonds. The molecular formula is C9H11N5S. The van der Waals surface area contributed by atoms with E-state index in [1.54, 1.807) is 16.4 Å². The molecule has 0 bridgehead atoms. The Kier molecular flexibility index (Phi) is 3.31. The van der Waals surface area contributed by atoms with Gasteiger partial charge in [-0.15, -0.1) is 5.10 Å². The minimum Gasteiger partial charge on any atom is -0.330 e. The molecule has 0 aliphatic carbocycles. The van der Waals surface area contributed by atoms with E-state index in [1.165, 1.54) is 0 Å². The molecule has 2 aromatic rings. The SMILES string of the molecule is NCCSc1nnnn1-c1ccccc1. The first-order valence-corrected chi connectivity index (χ1v) is 5.57. The number of thioether (sulfide) groups is 1. The second kappa shape index (κ2) is 4.90. The van der Waals surface area contributed by atoms with Gasteiger partial charge in [-0.3, -0.25) is 0 Å². The zero-order chi connectivity index (χ0) is 10.5. The zero-order valence-corrected chi connectivity index (χ0v) is 8.89. The van der Waals surface area contributed by atoms with Crippen molar-refractivity contribution < 1.29 is 0 Å². The molecule has 2 N–H and O–H groups in total. The van der Waals surface area contributed by atoms with Crippen molar-refractivity contribution >= 4 is 11.8 Å². The fraction of sp³-hybridized carbons (Fsp3) is 0.222. The van der Waals surface area contributed by atoms with Crippen LogP contribution in [-0.4, -0.2) is 32.5 Å². The van der Waals surface area contributed by atoms with E-state index in [0.717, 1.165) is 16.6 Å². The van der Waals surface area contributed by atoms with E-state index in [2.05, 4.69) is 15.5 Å². The molecule has 0 unspecified atom stereocenters. The van der Waals surface area contributed by atoms with Gasteiger partial charge in [0.25, 0.3) is 0 Å². The molecule has 78 valence electrons. The van der Waals surface area contributed by atoms with E-state index in [9.17, 15) is 0 Å². The molecule has 1 aromatic carbocycles. The van der Waals surface area contributed by atoms with Gasteiger partial charge in [0, 0.05) is 12.3 Å². The molecule has 0 atom stereocenters. The van der Waals surface area contributed by atoms with Crippen molar-refractivity contribution in [1.29, 1.82) is 0 Å². The molecule has 5 nitrogen and oxygen atoms in total. The average molecular weight is 221 g/mol. The second-order valence-corrected chi connectivity index (χ2v) is 3.91. The monoisotopic (exact) mass is 221 g/mol. The normalized spacial score (nSPS) is 10.5. The number of benzene rings is 1. The zero-order valence-electron chi connectivity index (χ0n) is 8.08. The molecule has 0 saturated heterocycles. The van der Waals surface area contributed by atoms with Crippen molar-refractivity contribution in [2.75, 3.05) is 12.3 Å². The predicted octanol–water partition coefficient (Wildman–Crippen LogP) is 0.713. The number of hydrogen-bond donors (Lipinski definition) is 1. The Morgan fingerprint density at radius 3 is 2.80 bits per heavy atom. The third-order valence-electron chi connectivity index (χ3n) is 1.79. The first-order chi connectivity index (χ1) is 7.42. The molecule has 6 heteroatoms. The molecule has 2 rings (SSSR count). The number of para-hydroxylation sites is 1. The highest BCUT2D eigenvalue weighted by molar-refractivity contribution is 7.99. The van der Waals surface area contributed by atoms with Crippen molar-refractivity contribution in [2.45, 2.75) is 5.16 Å². The van der Waals surface area contributed by atoms with E-state index in [4.69, 9.17) is 5.73 Å². The van der Waals surface area contributed by atoms with E-state index < -0.39 is 0 Å². The average Bonchev–Trinajstić information content (AvgIpc) is 2.75. The number of nitrogens with zero attached hydrogens (tertiary/aromatic N) is 4. The summed E-state index contributed by atoms with van der Waals surface area (Å²) in [4.78, 5) is 0. The van der Waals surface area contributed by atoms with Gasteiger partial charge >= 0.3 is 0 Å². The van der Waals surface area contributed by atoms with Crippen LogP contribution in [0.1, 0.15) is 0 Å². The fourth-order valence-corrected chi connectivity index (χ4v) is 1.81.